The zero-order chi connectivity index (χ0) is 41.6. The Balaban J connectivity index is 0.996. The van der Waals surface area contributed by atoms with Crippen LogP contribution < -0.4 is 10.1 Å². The number of ether oxygens (including phenoxy) is 1. The molecule has 1 aliphatic carbocycles. The van der Waals surface area contributed by atoms with Gasteiger partial charge in [-0.15, -0.1) is 0 Å². The number of nitrogens with one attached hydrogen (secondary N) is 1. The molecule has 11 nitrogen and oxygen atoms in total. The maximum Gasteiger partial charge on any atom is 0.387 e. The molecule has 0 spiro atoms. The van der Waals surface area contributed by atoms with Crippen LogP contribution in [0, 0.1) is 12.8 Å². The zero-order valence-corrected chi connectivity index (χ0v) is 33.5. The highest BCUT2D eigenvalue weighted by atomic mass is 35.5. The summed E-state index contributed by atoms with van der Waals surface area (Å²) in [5, 5.41) is 12.9. The number of benzene rings is 3. The van der Waals surface area contributed by atoms with E-state index in [1.165, 1.54) is 6.07 Å². The first-order chi connectivity index (χ1) is 28.2. The third-order valence-corrected chi connectivity index (χ3v) is 12.5. The van der Waals surface area contributed by atoms with Gasteiger partial charge in [-0.05, 0) is 87.4 Å². The van der Waals surface area contributed by atoms with Crippen molar-refractivity contribution in [1.82, 2.24) is 24.3 Å². The lowest BCUT2D eigenvalue weighted by Gasteiger charge is -2.31. The van der Waals surface area contributed by atoms with E-state index in [2.05, 4.69) is 10.2 Å². The maximum absolute atomic E-state index is 13.7. The van der Waals surface area contributed by atoms with Crippen LogP contribution in [-0.4, -0.2) is 79.5 Å². The highest BCUT2D eigenvalue weighted by Crippen LogP contribution is 2.41. The summed E-state index contributed by atoms with van der Waals surface area (Å²) in [6.07, 6.45) is 3.77. The number of imidazole rings is 1. The Kier molecular flexibility index (Phi) is 11.5. The van der Waals surface area contributed by atoms with Crippen molar-refractivity contribution in [2.75, 3.05) is 25.0 Å². The molecule has 2 fully saturated rings. The highest BCUT2D eigenvalue weighted by Gasteiger charge is 2.35. The number of hydrogen-bond donors (Lipinski definition) is 2. The fourth-order valence-corrected chi connectivity index (χ4v) is 9.14. The number of aliphatic carboxylic acids is 1. The van der Waals surface area contributed by atoms with Crippen LogP contribution in [0.3, 0.4) is 0 Å². The number of nitrogens with zero attached hydrogens (tertiary/aromatic N) is 5. The molecule has 2 N–H and O–H groups in total. The van der Waals surface area contributed by atoms with Gasteiger partial charge in [0.2, 0.25) is 11.8 Å². The lowest BCUT2D eigenvalue weighted by molar-refractivity contribution is -0.142. The van der Waals surface area contributed by atoms with Gasteiger partial charge in [0.25, 0.3) is 5.91 Å². The molecule has 1 saturated heterocycles. The molecule has 1 atom stereocenters. The molecule has 2 aromatic heterocycles. The molecule has 16 heteroatoms. The van der Waals surface area contributed by atoms with Crippen LogP contribution in [0.15, 0.2) is 52.9 Å². The Morgan fingerprint density at radius 1 is 1.05 bits per heavy atom. The molecule has 59 heavy (non-hydrogen) atoms. The Labute approximate surface area is 343 Å². The number of rotatable bonds is 12. The van der Waals surface area contributed by atoms with E-state index in [-0.39, 0.29) is 42.4 Å². The van der Waals surface area contributed by atoms with Crippen LogP contribution in [0.2, 0.25) is 5.02 Å². The summed E-state index contributed by atoms with van der Waals surface area (Å²) in [6, 6.07) is 13.1. The summed E-state index contributed by atoms with van der Waals surface area (Å²) in [5.74, 6) is -3.22. The van der Waals surface area contributed by atoms with Crippen molar-refractivity contribution in [2.24, 2.45) is 13.0 Å². The fourth-order valence-electron chi connectivity index (χ4n) is 8.86. The van der Waals surface area contributed by atoms with E-state index in [9.17, 15) is 32.3 Å². The van der Waals surface area contributed by atoms with Gasteiger partial charge in [-0.25, -0.2) is 18.7 Å². The molecule has 0 bridgehead atoms. The molecule has 4 heterocycles. The number of carboxylic acid groups (broad SMARTS) is 1. The van der Waals surface area contributed by atoms with E-state index in [1.807, 2.05) is 42.8 Å². The minimum absolute atomic E-state index is 0.0353. The fraction of sp³-hybridized carbons (Fsp3) is 0.442. The van der Waals surface area contributed by atoms with Gasteiger partial charge in [0.15, 0.2) is 11.4 Å². The largest absolute Gasteiger partial charge is 0.480 e. The summed E-state index contributed by atoms with van der Waals surface area (Å²) in [7, 11) is 1.83. The maximum atomic E-state index is 13.7. The van der Waals surface area contributed by atoms with Crippen molar-refractivity contribution >= 4 is 40.3 Å². The Morgan fingerprint density at radius 2 is 1.80 bits per heavy atom. The number of carbonyl (C=O) groups excluding carboxylic acids is 1. The summed E-state index contributed by atoms with van der Waals surface area (Å²) in [5.41, 5.74) is 5.98. The molecule has 0 unspecified atom stereocenters. The van der Waals surface area contributed by atoms with Gasteiger partial charge in [0.1, 0.15) is 17.3 Å². The molecule has 5 aromatic rings. The monoisotopic (exact) mass is 836 g/mol. The van der Waals surface area contributed by atoms with Crippen LogP contribution in [0.25, 0.3) is 33.7 Å². The standard InChI is InChI=1S/C43H45ClF4N6O5/c1-24-27(6-3-7-28(24)40-51-31-20-26(22-54-17-5-10-34(54)41(56)57)35(59-42(45)46)21-36(31)58-40)29-8-4-9-30(37(29)44)50-39(55)38-49-32-23-53(19-14-33(32)52(38)2)18-13-25-11-15-43(47,48)16-12-25/h3-4,6-9,20-21,25,34,42H,5,10-19,22-23H2,1-2H3,(H,50,55)(H,56,57)/t34-/m0/s1. The lowest BCUT2D eigenvalue weighted by Crippen LogP contribution is -2.35. The number of aromatic nitrogens is 3. The average molecular weight is 837 g/mol. The minimum Gasteiger partial charge on any atom is -0.480 e. The number of likely N-dealkylation sites (tertiary alicyclic amines) is 1. The summed E-state index contributed by atoms with van der Waals surface area (Å²) < 4.78 is 67.1. The number of fused-ring (bicyclic) bond motifs is 2. The van der Waals surface area contributed by atoms with Crippen LogP contribution in [0.4, 0.5) is 23.2 Å². The molecular formula is C43H45ClF4N6O5. The smallest absolute Gasteiger partial charge is 0.387 e. The molecule has 1 amide bonds. The van der Waals surface area contributed by atoms with Gasteiger partial charge in [-0.3, -0.25) is 19.4 Å². The Hall–Kier alpha value is -4.99. The van der Waals surface area contributed by atoms with E-state index in [1.54, 1.807) is 23.1 Å². The number of halogens is 5. The topological polar surface area (TPSA) is 126 Å². The van der Waals surface area contributed by atoms with E-state index >= 15 is 0 Å². The first kappa shape index (κ1) is 40.8. The SMILES string of the molecule is Cc1c(-c2nc3cc(CN4CCC[C@H]4C(=O)O)c(OC(F)F)cc3o2)cccc1-c1cccc(NC(=O)c2nc3c(n2C)CCN(CCC2CCC(F)(F)CC2)C3)c1Cl. The number of anilines is 1. The number of oxazole rings is 1. The van der Waals surface area contributed by atoms with Crippen LogP contribution in [0.5, 0.6) is 5.75 Å². The van der Waals surface area contributed by atoms with Crippen molar-refractivity contribution in [2.45, 2.75) is 90.0 Å². The van der Waals surface area contributed by atoms with E-state index in [0.29, 0.717) is 77.6 Å². The van der Waals surface area contributed by atoms with Crippen molar-refractivity contribution in [3.63, 3.8) is 0 Å². The molecule has 1 saturated carbocycles. The predicted octanol–water partition coefficient (Wildman–Crippen LogP) is 9.33. The molecule has 0 radical (unpaired) electrons. The van der Waals surface area contributed by atoms with Crippen LogP contribution >= 0.6 is 11.6 Å². The predicted molar refractivity (Wildman–Crippen MR) is 214 cm³/mol. The Bertz CT molecular complexity index is 2390. The van der Waals surface area contributed by atoms with Crippen molar-refractivity contribution in [3.8, 4) is 28.3 Å². The number of alkyl halides is 4. The number of hydrogen-bond acceptors (Lipinski definition) is 8. The molecule has 8 rings (SSSR count). The van der Waals surface area contributed by atoms with E-state index < -0.39 is 30.5 Å². The van der Waals surface area contributed by atoms with E-state index in [4.69, 9.17) is 30.7 Å². The second kappa shape index (κ2) is 16.6. The second-order valence-electron chi connectivity index (χ2n) is 15.9. The third-order valence-electron chi connectivity index (χ3n) is 12.1. The lowest BCUT2D eigenvalue weighted by atomic mass is 9.84. The molecular weight excluding hydrogens is 792 g/mol. The summed E-state index contributed by atoms with van der Waals surface area (Å²) in [6.45, 7) is 1.57. The van der Waals surface area contributed by atoms with Gasteiger partial charge in [0.05, 0.1) is 16.4 Å². The number of carbonyl (C=O) groups is 2. The summed E-state index contributed by atoms with van der Waals surface area (Å²) >= 11 is 7.01. The quantitative estimate of drug-likeness (QED) is 0.118. The normalized spacial score (nSPS) is 18.7. The minimum atomic E-state index is -3.10. The van der Waals surface area contributed by atoms with Gasteiger partial charge in [-0.1, -0.05) is 35.9 Å². The van der Waals surface area contributed by atoms with Crippen molar-refractivity contribution in [3.05, 3.63) is 81.9 Å². The summed E-state index contributed by atoms with van der Waals surface area (Å²) in [4.78, 5) is 39.0. The zero-order valence-electron chi connectivity index (χ0n) is 32.7. The molecule has 3 aliphatic rings. The van der Waals surface area contributed by atoms with Gasteiger partial charge in [-0.2, -0.15) is 8.78 Å². The first-order valence-corrected chi connectivity index (χ1v) is 20.3. The highest BCUT2D eigenvalue weighted by molar-refractivity contribution is 6.36. The number of carboxylic acids is 1. The van der Waals surface area contributed by atoms with Crippen molar-refractivity contribution < 1.29 is 41.4 Å². The third kappa shape index (κ3) is 8.55. The van der Waals surface area contributed by atoms with Gasteiger partial charge < -0.3 is 24.1 Å². The first-order valence-electron chi connectivity index (χ1n) is 19.9. The van der Waals surface area contributed by atoms with Crippen molar-refractivity contribution in [1.29, 1.82) is 0 Å². The Morgan fingerprint density at radius 3 is 2.56 bits per heavy atom. The van der Waals surface area contributed by atoms with Crippen LogP contribution in [0.1, 0.15) is 78.1 Å². The number of amides is 1. The molecule has 2 aliphatic heterocycles. The van der Waals surface area contributed by atoms with E-state index in [0.717, 1.165) is 48.4 Å². The van der Waals surface area contributed by atoms with Gasteiger partial charge in [0, 0.05) is 74.4 Å². The van der Waals surface area contributed by atoms with Gasteiger partial charge >= 0.3 is 12.6 Å². The average Bonchev–Trinajstić information content (AvgIpc) is 3.92. The molecule has 312 valence electrons. The second-order valence-corrected chi connectivity index (χ2v) is 16.3. The van der Waals surface area contributed by atoms with Crippen LogP contribution in [-0.2, 0) is 31.4 Å². The molecule has 3 aromatic carbocycles.